The molecule has 0 fully saturated rings. The summed E-state index contributed by atoms with van der Waals surface area (Å²) in [6.45, 7) is 2.75. The second-order valence-corrected chi connectivity index (χ2v) is 5.80. The Labute approximate surface area is 125 Å². The summed E-state index contributed by atoms with van der Waals surface area (Å²) < 4.78 is 2.31. The topological polar surface area (TPSA) is 47.1 Å². The number of imidazole rings is 1. The molecule has 0 aliphatic heterocycles. The van der Waals surface area contributed by atoms with E-state index < -0.39 is 0 Å². The molecule has 0 saturated carbocycles. The fraction of sp³-hybridized carbons (Fsp3) is 0.533. The zero-order valence-corrected chi connectivity index (χ0v) is 13.0. The molecule has 0 aliphatic carbocycles. The van der Waals surface area contributed by atoms with Crippen molar-refractivity contribution in [2.24, 2.45) is 5.73 Å². The summed E-state index contributed by atoms with van der Waals surface area (Å²) in [5.41, 5.74) is 7.77. The number of rotatable bonds is 7. The van der Waals surface area contributed by atoms with Crippen molar-refractivity contribution in [3.05, 3.63) is 29.0 Å². The molecule has 0 aliphatic rings. The number of benzene rings is 1. The summed E-state index contributed by atoms with van der Waals surface area (Å²) in [5, 5.41) is 0.737. The molecule has 0 radical (unpaired) electrons. The number of fused-ring (bicyclic) bond motifs is 1. The highest BCUT2D eigenvalue weighted by atomic mass is 35.5. The molecule has 2 rings (SSSR count). The minimum Gasteiger partial charge on any atom is -0.330 e. The summed E-state index contributed by atoms with van der Waals surface area (Å²) in [6, 6.07) is 5.93. The van der Waals surface area contributed by atoms with Crippen LogP contribution in [0.2, 0.25) is 5.02 Å². The Bertz CT molecular complexity index is 562. The standard InChI is InChI=1S/C15H23ClN4/c1-19(2)9-4-10-20-14-7-6-12(16)11-13(14)18-15(20)5-3-8-17/h6-7,11H,3-5,8-10,17H2,1-2H3. The molecule has 20 heavy (non-hydrogen) atoms. The van der Waals surface area contributed by atoms with E-state index in [0.717, 1.165) is 48.7 Å². The molecule has 1 aromatic carbocycles. The lowest BCUT2D eigenvalue weighted by Gasteiger charge is -2.12. The zero-order valence-electron chi connectivity index (χ0n) is 12.3. The van der Waals surface area contributed by atoms with Crippen LogP contribution in [0.25, 0.3) is 11.0 Å². The molecule has 0 atom stereocenters. The Kier molecular flexibility index (Phi) is 5.40. The van der Waals surface area contributed by atoms with Crippen LogP contribution in [0, 0.1) is 0 Å². The van der Waals surface area contributed by atoms with E-state index in [1.165, 1.54) is 5.52 Å². The van der Waals surface area contributed by atoms with Crippen molar-refractivity contribution in [3.63, 3.8) is 0 Å². The lowest BCUT2D eigenvalue weighted by molar-refractivity contribution is 0.386. The van der Waals surface area contributed by atoms with Crippen molar-refractivity contribution in [2.75, 3.05) is 27.2 Å². The average Bonchev–Trinajstić information content (AvgIpc) is 2.73. The lowest BCUT2D eigenvalue weighted by atomic mass is 10.3. The first kappa shape index (κ1) is 15.3. The van der Waals surface area contributed by atoms with E-state index in [9.17, 15) is 0 Å². The molecule has 2 aromatic rings. The zero-order chi connectivity index (χ0) is 14.5. The minimum absolute atomic E-state index is 0.696. The lowest BCUT2D eigenvalue weighted by Crippen LogP contribution is -2.16. The minimum atomic E-state index is 0.696. The predicted molar refractivity (Wildman–Crippen MR) is 85.3 cm³/mol. The second kappa shape index (κ2) is 7.07. The van der Waals surface area contributed by atoms with Crippen LogP contribution < -0.4 is 5.73 Å². The highest BCUT2D eigenvalue weighted by Gasteiger charge is 2.10. The monoisotopic (exact) mass is 294 g/mol. The SMILES string of the molecule is CN(C)CCCn1c(CCCN)nc2cc(Cl)ccc21. The van der Waals surface area contributed by atoms with Gasteiger partial charge >= 0.3 is 0 Å². The van der Waals surface area contributed by atoms with Crippen LogP contribution in [-0.2, 0) is 13.0 Å². The molecule has 0 saturated heterocycles. The molecule has 5 heteroatoms. The fourth-order valence-corrected chi connectivity index (χ4v) is 2.56. The third kappa shape index (κ3) is 3.72. The first-order chi connectivity index (χ1) is 9.61. The van der Waals surface area contributed by atoms with Gasteiger partial charge in [-0.05, 0) is 58.2 Å². The van der Waals surface area contributed by atoms with E-state index in [1.807, 2.05) is 12.1 Å². The van der Waals surface area contributed by atoms with Gasteiger partial charge in [-0.15, -0.1) is 0 Å². The normalized spacial score (nSPS) is 11.7. The molecule has 4 nitrogen and oxygen atoms in total. The molecule has 2 N–H and O–H groups in total. The predicted octanol–water partition coefficient (Wildman–Crippen LogP) is 2.53. The Morgan fingerprint density at radius 2 is 2.10 bits per heavy atom. The van der Waals surface area contributed by atoms with Gasteiger partial charge in [0.05, 0.1) is 11.0 Å². The number of hydrogen-bond donors (Lipinski definition) is 1. The van der Waals surface area contributed by atoms with Gasteiger partial charge in [0, 0.05) is 18.0 Å². The fourth-order valence-electron chi connectivity index (χ4n) is 2.40. The molecule has 0 amide bonds. The van der Waals surface area contributed by atoms with Gasteiger partial charge in [0.1, 0.15) is 5.82 Å². The maximum absolute atomic E-state index is 6.05. The highest BCUT2D eigenvalue weighted by molar-refractivity contribution is 6.31. The second-order valence-electron chi connectivity index (χ2n) is 5.36. The van der Waals surface area contributed by atoms with Crippen LogP contribution in [0.1, 0.15) is 18.7 Å². The summed E-state index contributed by atoms with van der Waals surface area (Å²) in [7, 11) is 4.20. The number of hydrogen-bond acceptors (Lipinski definition) is 3. The molecule has 1 aromatic heterocycles. The van der Waals surface area contributed by atoms with Crippen molar-refractivity contribution in [2.45, 2.75) is 25.8 Å². The van der Waals surface area contributed by atoms with E-state index in [2.05, 4.69) is 29.6 Å². The van der Waals surface area contributed by atoms with Crippen LogP contribution in [0.3, 0.4) is 0 Å². The van der Waals surface area contributed by atoms with E-state index in [0.29, 0.717) is 6.54 Å². The van der Waals surface area contributed by atoms with Crippen molar-refractivity contribution in [3.8, 4) is 0 Å². The van der Waals surface area contributed by atoms with Crippen molar-refractivity contribution in [1.29, 1.82) is 0 Å². The van der Waals surface area contributed by atoms with Crippen molar-refractivity contribution >= 4 is 22.6 Å². The number of aromatic nitrogens is 2. The molecule has 0 unspecified atom stereocenters. The maximum Gasteiger partial charge on any atom is 0.109 e. The van der Waals surface area contributed by atoms with Crippen molar-refractivity contribution < 1.29 is 0 Å². The summed E-state index contributed by atoms with van der Waals surface area (Å²) in [6.07, 6.45) is 2.99. The highest BCUT2D eigenvalue weighted by Crippen LogP contribution is 2.21. The summed E-state index contributed by atoms with van der Waals surface area (Å²) in [4.78, 5) is 6.92. The largest absolute Gasteiger partial charge is 0.330 e. The summed E-state index contributed by atoms with van der Waals surface area (Å²) in [5.74, 6) is 1.12. The molecular weight excluding hydrogens is 272 g/mol. The molecule has 110 valence electrons. The first-order valence-corrected chi connectivity index (χ1v) is 7.49. The van der Waals surface area contributed by atoms with Crippen LogP contribution in [0.5, 0.6) is 0 Å². The van der Waals surface area contributed by atoms with Crippen LogP contribution in [0.15, 0.2) is 18.2 Å². The Hall–Kier alpha value is -1.10. The smallest absolute Gasteiger partial charge is 0.109 e. The van der Waals surface area contributed by atoms with Crippen LogP contribution >= 0.6 is 11.6 Å². The first-order valence-electron chi connectivity index (χ1n) is 7.11. The molecular formula is C15H23ClN4. The van der Waals surface area contributed by atoms with E-state index in [1.54, 1.807) is 0 Å². The molecule has 1 heterocycles. The van der Waals surface area contributed by atoms with E-state index in [-0.39, 0.29) is 0 Å². The Morgan fingerprint density at radius 1 is 1.30 bits per heavy atom. The van der Waals surface area contributed by atoms with Gasteiger partial charge in [-0.25, -0.2) is 4.98 Å². The third-order valence-electron chi connectivity index (χ3n) is 3.38. The quantitative estimate of drug-likeness (QED) is 0.853. The van der Waals surface area contributed by atoms with Crippen molar-refractivity contribution in [1.82, 2.24) is 14.5 Å². The van der Waals surface area contributed by atoms with Crippen LogP contribution in [0.4, 0.5) is 0 Å². The van der Waals surface area contributed by atoms with E-state index >= 15 is 0 Å². The van der Waals surface area contributed by atoms with Crippen LogP contribution in [-0.4, -0.2) is 41.6 Å². The van der Waals surface area contributed by atoms with Gasteiger partial charge in [-0.2, -0.15) is 0 Å². The Balaban J connectivity index is 2.26. The number of aryl methyl sites for hydroxylation is 2. The number of nitrogens with two attached hydrogens (primary N) is 1. The maximum atomic E-state index is 6.05. The van der Waals surface area contributed by atoms with Gasteiger partial charge in [0.2, 0.25) is 0 Å². The van der Waals surface area contributed by atoms with Gasteiger partial charge in [-0.1, -0.05) is 11.6 Å². The molecule has 0 spiro atoms. The molecule has 0 bridgehead atoms. The average molecular weight is 295 g/mol. The summed E-state index contributed by atoms with van der Waals surface area (Å²) >= 11 is 6.05. The number of halogens is 1. The van der Waals surface area contributed by atoms with Gasteiger partial charge in [-0.3, -0.25) is 0 Å². The Morgan fingerprint density at radius 3 is 2.80 bits per heavy atom. The van der Waals surface area contributed by atoms with E-state index in [4.69, 9.17) is 22.3 Å². The third-order valence-corrected chi connectivity index (χ3v) is 3.62. The number of nitrogens with zero attached hydrogens (tertiary/aromatic N) is 3. The van der Waals surface area contributed by atoms with Gasteiger partial charge in [0.25, 0.3) is 0 Å². The van der Waals surface area contributed by atoms with Gasteiger partial charge in [0.15, 0.2) is 0 Å². The van der Waals surface area contributed by atoms with Gasteiger partial charge < -0.3 is 15.2 Å².